The van der Waals surface area contributed by atoms with Gasteiger partial charge in [0.15, 0.2) is 17.7 Å². The molecule has 0 spiro atoms. The molecule has 1 unspecified atom stereocenters. The molecule has 1 aromatic carbocycles. The van der Waals surface area contributed by atoms with E-state index in [1.807, 2.05) is 6.08 Å². The summed E-state index contributed by atoms with van der Waals surface area (Å²) in [5, 5.41) is 14.6. The van der Waals surface area contributed by atoms with E-state index >= 15 is 0 Å². The number of Topliss-reactive ketones (excluding diaryl/α,β-unsaturated/α-hetero) is 1. The number of nitrogens with one attached hydrogen (secondary N) is 1. The molecule has 0 aromatic heterocycles. The van der Waals surface area contributed by atoms with Crippen molar-refractivity contribution >= 4 is 23.2 Å². The van der Waals surface area contributed by atoms with Gasteiger partial charge >= 0.3 is 0 Å². The molecule has 1 amide bonds. The molecule has 9 nitrogen and oxygen atoms in total. The molecule has 43 heavy (non-hydrogen) atoms. The standard InChI is InChI=1S/C34H43NO8/c1-5-6-30-42-28-16-25-24-12-7-20-15-22(36)13-14-32(20,2)31(24)26(37)17-33(25,3)34(28,43-30)27(38)18-41-23-10-8-21(9-11-23)35-29(39)19-40-4/h8-11,13-15,24-26,28,30-31,37H,5-7,12,16-19H2,1-4H3,(H,35,39)/t24-,25-,26-,28+,30?,31+,32-,33-,34+/m0/s1. The number of anilines is 1. The number of allylic oxidation sites excluding steroid dienone is 4. The molecule has 4 aliphatic carbocycles. The number of hydrogen-bond donors (Lipinski definition) is 2. The minimum absolute atomic E-state index is 0.00950. The van der Waals surface area contributed by atoms with Crippen molar-refractivity contribution in [3.05, 3.63) is 48.1 Å². The number of carbonyl (C=O) groups is 3. The van der Waals surface area contributed by atoms with Crippen LogP contribution in [0.5, 0.6) is 5.75 Å². The van der Waals surface area contributed by atoms with Crippen LogP contribution >= 0.6 is 0 Å². The lowest BCUT2D eigenvalue weighted by atomic mass is 9.46. The van der Waals surface area contributed by atoms with Gasteiger partial charge in [0.1, 0.15) is 19.0 Å². The van der Waals surface area contributed by atoms with Crippen molar-refractivity contribution in [2.24, 2.45) is 28.6 Å². The first-order valence-electron chi connectivity index (χ1n) is 15.6. The van der Waals surface area contributed by atoms with Crippen LogP contribution in [-0.2, 0) is 28.6 Å². The van der Waals surface area contributed by atoms with Crippen LogP contribution in [0.4, 0.5) is 5.69 Å². The summed E-state index contributed by atoms with van der Waals surface area (Å²) < 4.78 is 24.1. The Kier molecular flexibility index (Phi) is 7.90. The molecule has 1 heterocycles. The number of ether oxygens (including phenoxy) is 4. The molecule has 2 N–H and O–H groups in total. The zero-order valence-corrected chi connectivity index (χ0v) is 25.5. The molecule has 1 aromatic rings. The summed E-state index contributed by atoms with van der Waals surface area (Å²) in [6, 6.07) is 6.85. The summed E-state index contributed by atoms with van der Waals surface area (Å²) in [4.78, 5) is 38.4. The van der Waals surface area contributed by atoms with E-state index in [0.29, 0.717) is 30.7 Å². The quantitative estimate of drug-likeness (QED) is 0.433. The minimum atomic E-state index is -1.23. The van der Waals surface area contributed by atoms with E-state index in [1.54, 1.807) is 36.4 Å². The lowest BCUT2D eigenvalue weighted by molar-refractivity contribution is -0.200. The van der Waals surface area contributed by atoms with Crippen LogP contribution in [0.2, 0.25) is 0 Å². The highest BCUT2D eigenvalue weighted by Crippen LogP contribution is 2.69. The largest absolute Gasteiger partial charge is 0.486 e. The van der Waals surface area contributed by atoms with E-state index in [9.17, 15) is 19.5 Å². The van der Waals surface area contributed by atoms with Crippen LogP contribution in [0, 0.1) is 28.6 Å². The molecule has 1 aliphatic heterocycles. The predicted octanol–water partition coefficient (Wildman–Crippen LogP) is 4.39. The molecule has 0 radical (unpaired) electrons. The fourth-order valence-electron chi connectivity index (χ4n) is 9.22. The Labute approximate surface area is 253 Å². The second kappa shape index (κ2) is 11.3. The van der Waals surface area contributed by atoms with Gasteiger partial charge < -0.3 is 29.4 Å². The van der Waals surface area contributed by atoms with Crippen molar-refractivity contribution in [2.45, 2.75) is 83.4 Å². The maximum atomic E-state index is 14.4. The fourth-order valence-corrected chi connectivity index (χ4v) is 9.22. The number of benzene rings is 1. The van der Waals surface area contributed by atoms with Gasteiger partial charge in [0.25, 0.3) is 0 Å². The molecule has 9 heteroatoms. The molecule has 3 saturated carbocycles. The van der Waals surface area contributed by atoms with Crippen LogP contribution in [0.3, 0.4) is 0 Å². The number of hydrogen-bond acceptors (Lipinski definition) is 8. The minimum Gasteiger partial charge on any atom is -0.486 e. The Balaban J connectivity index is 1.25. The molecule has 6 rings (SSSR count). The summed E-state index contributed by atoms with van der Waals surface area (Å²) in [5.41, 5.74) is -0.573. The normalized spacial score (nSPS) is 39.3. The molecular weight excluding hydrogens is 550 g/mol. The van der Waals surface area contributed by atoms with Gasteiger partial charge in [0.05, 0.1) is 12.2 Å². The van der Waals surface area contributed by atoms with E-state index in [0.717, 1.165) is 24.8 Å². The number of methoxy groups -OCH3 is 1. The topological polar surface area (TPSA) is 120 Å². The van der Waals surface area contributed by atoms with Crippen molar-refractivity contribution < 1.29 is 38.4 Å². The van der Waals surface area contributed by atoms with Crippen LogP contribution in [0.25, 0.3) is 0 Å². The van der Waals surface area contributed by atoms with Crippen molar-refractivity contribution in [3.8, 4) is 5.75 Å². The lowest BCUT2D eigenvalue weighted by Gasteiger charge is -2.59. The van der Waals surface area contributed by atoms with Gasteiger partial charge in [-0.25, -0.2) is 0 Å². The highest BCUT2D eigenvalue weighted by atomic mass is 16.7. The number of fused-ring (bicyclic) bond motifs is 7. The first-order chi connectivity index (χ1) is 20.6. The van der Waals surface area contributed by atoms with E-state index in [4.69, 9.17) is 18.9 Å². The van der Waals surface area contributed by atoms with Crippen molar-refractivity contribution in [1.82, 2.24) is 0 Å². The summed E-state index contributed by atoms with van der Waals surface area (Å²) in [7, 11) is 1.46. The first-order valence-corrected chi connectivity index (χ1v) is 15.6. The maximum absolute atomic E-state index is 14.4. The van der Waals surface area contributed by atoms with Crippen molar-refractivity contribution in [2.75, 3.05) is 25.6 Å². The van der Waals surface area contributed by atoms with Gasteiger partial charge in [-0.3, -0.25) is 14.4 Å². The maximum Gasteiger partial charge on any atom is 0.250 e. The van der Waals surface area contributed by atoms with Gasteiger partial charge in [-0.05, 0) is 80.4 Å². The Morgan fingerprint density at radius 3 is 2.65 bits per heavy atom. The Morgan fingerprint density at radius 1 is 1.16 bits per heavy atom. The number of ketones is 2. The number of aliphatic hydroxyl groups is 1. The summed E-state index contributed by atoms with van der Waals surface area (Å²) in [5.74, 6) is 0.289. The monoisotopic (exact) mass is 593 g/mol. The van der Waals surface area contributed by atoms with Gasteiger partial charge in [-0.15, -0.1) is 0 Å². The third-order valence-electron chi connectivity index (χ3n) is 11.0. The van der Waals surface area contributed by atoms with Gasteiger partial charge in [-0.2, -0.15) is 0 Å². The summed E-state index contributed by atoms with van der Waals surface area (Å²) in [6.45, 7) is 6.08. The Morgan fingerprint density at radius 2 is 1.93 bits per heavy atom. The zero-order chi connectivity index (χ0) is 30.6. The molecular formula is C34H43NO8. The second-order valence-electron chi connectivity index (χ2n) is 13.4. The van der Waals surface area contributed by atoms with Crippen LogP contribution in [0.15, 0.2) is 48.1 Å². The summed E-state index contributed by atoms with van der Waals surface area (Å²) in [6.07, 6.45) is 8.10. The lowest BCUT2D eigenvalue weighted by Crippen LogP contribution is -2.63. The number of carbonyl (C=O) groups excluding carboxylic acids is 3. The molecule has 4 fully saturated rings. The van der Waals surface area contributed by atoms with Crippen molar-refractivity contribution in [3.63, 3.8) is 0 Å². The molecule has 1 saturated heterocycles. The molecule has 9 atom stereocenters. The zero-order valence-electron chi connectivity index (χ0n) is 25.5. The predicted molar refractivity (Wildman–Crippen MR) is 158 cm³/mol. The molecule has 0 bridgehead atoms. The SMILES string of the molecule is CCCC1O[C@@H]2C[C@H]3[C@@H]4CCC5=CC(=O)C=C[C@]5(C)[C@H]4[C@@H](O)C[C@]3(C)[C@]2(C(=O)COc2ccc(NC(=O)COC)cc2)O1. The van der Waals surface area contributed by atoms with Crippen LogP contribution in [-0.4, -0.2) is 67.0 Å². The third-order valence-corrected chi connectivity index (χ3v) is 11.0. The van der Waals surface area contributed by atoms with Gasteiger partial charge in [0.2, 0.25) is 11.7 Å². The highest BCUT2D eigenvalue weighted by molar-refractivity contribution is 6.01. The Bertz CT molecular complexity index is 1340. The number of rotatable bonds is 9. The first kappa shape index (κ1) is 30.2. The Hall–Kier alpha value is -2.85. The van der Waals surface area contributed by atoms with E-state index in [1.165, 1.54) is 7.11 Å². The van der Waals surface area contributed by atoms with E-state index < -0.39 is 34.9 Å². The van der Waals surface area contributed by atoms with Crippen LogP contribution < -0.4 is 10.1 Å². The fraction of sp³-hybridized carbons (Fsp3) is 0.618. The van der Waals surface area contributed by atoms with Crippen LogP contribution in [0.1, 0.15) is 59.3 Å². The molecule has 5 aliphatic rings. The average molecular weight is 594 g/mol. The number of aliphatic hydroxyl groups excluding tert-OH is 1. The molecule has 232 valence electrons. The van der Waals surface area contributed by atoms with E-state index in [2.05, 4.69) is 26.1 Å². The van der Waals surface area contributed by atoms with Gasteiger partial charge in [-0.1, -0.05) is 38.8 Å². The second-order valence-corrected chi connectivity index (χ2v) is 13.4. The van der Waals surface area contributed by atoms with Gasteiger partial charge in [0, 0.05) is 29.5 Å². The average Bonchev–Trinajstić information content (AvgIpc) is 3.45. The van der Waals surface area contributed by atoms with Crippen molar-refractivity contribution in [1.29, 1.82) is 0 Å². The third kappa shape index (κ3) is 4.80. The number of amides is 1. The highest BCUT2D eigenvalue weighted by Gasteiger charge is 2.75. The smallest absolute Gasteiger partial charge is 0.250 e. The summed E-state index contributed by atoms with van der Waals surface area (Å²) >= 11 is 0. The van der Waals surface area contributed by atoms with E-state index in [-0.39, 0.29) is 48.4 Å².